The minimum Gasteiger partial charge on any atom is -0.384 e. The van der Waals surface area contributed by atoms with Crippen molar-refractivity contribution in [3.8, 4) is 11.8 Å². The molecule has 2 atom stereocenters. The van der Waals surface area contributed by atoms with Gasteiger partial charge in [-0.05, 0) is 32.4 Å². The SMILES string of the molecule is Cc1cc(C(=O)N2C[C@@H](C)O[C@@H](C)C2)sc1C#CCO. The highest BCUT2D eigenvalue weighted by Gasteiger charge is 2.27. The molecule has 20 heavy (non-hydrogen) atoms. The Bertz CT molecular complexity index is 545. The van der Waals surface area contributed by atoms with E-state index in [4.69, 9.17) is 9.84 Å². The summed E-state index contributed by atoms with van der Waals surface area (Å²) in [6.45, 7) is 6.97. The van der Waals surface area contributed by atoms with Gasteiger partial charge < -0.3 is 14.7 Å². The Morgan fingerprint density at radius 3 is 2.75 bits per heavy atom. The first-order valence-electron chi connectivity index (χ1n) is 6.66. The lowest BCUT2D eigenvalue weighted by Gasteiger charge is -2.35. The first-order valence-corrected chi connectivity index (χ1v) is 7.47. The first kappa shape index (κ1) is 15.0. The molecule has 4 nitrogen and oxygen atoms in total. The number of aliphatic hydroxyl groups is 1. The number of amides is 1. The average Bonchev–Trinajstić information content (AvgIpc) is 2.75. The van der Waals surface area contributed by atoms with E-state index < -0.39 is 0 Å². The summed E-state index contributed by atoms with van der Waals surface area (Å²) in [7, 11) is 0. The van der Waals surface area contributed by atoms with Crippen molar-refractivity contribution in [2.75, 3.05) is 19.7 Å². The molecule has 1 N–H and O–H groups in total. The molecule has 0 radical (unpaired) electrons. The molecular weight excluding hydrogens is 274 g/mol. The van der Waals surface area contributed by atoms with Crippen LogP contribution < -0.4 is 0 Å². The number of morpholine rings is 1. The average molecular weight is 293 g/mol. The summed E-state index contributed by atoms with van der Waals surface area (Å²) < 4.78 is 5.64. The van der Waals surface area contributed by atoms with Gasteiger partial charge >= 0.3 is 0 Å². The second kappa shape index (κ2) is 6.40. The van der Waals surface area contributed by atoms with E-state index in [0.29, 0.717) is 18.0 Å². The Balaban J connectivity index is 2.17. The highest BCUT2D eigenvalue weighted by atomic mass is 32.1. The quantitative estimate of drug-likeness (QED) is 0.801. The predicted molar refractivity (Wildman–Crippen MR) is 78.9 cm³/mol. The molecule has 2 rings (SSSR count). The molecule has 1 aliphatic rings. The maximum absolute atomic E-state index is 12.5. The van der Waals surface area contributed by atoms with Crippen molar-refractivity contribution in [3.63, 3.8) is 0 Å². The van der Waals surface area contributed by atoms with Gasteiger partial charge in [0.2, 0.25) is 0 Å². The molecule has 5 heteroatoms. The zero-order chi connectivity index (χ0) is 14.7. The summed E-state index contributed by atoms with van der Waals surface area (Å²) in [6, 6.07) is 1.87. The molecule has 0 aliphatic carbocycles. The van der Waals surface area contributed by atoms with Crippen molar-refractivity contribution >= 4 is 17.2 Å². The van der Waals surface area contributed by atoms with E-state index in [1.807, 2.05) is 31.7 Å². The summed E-state index contributed by atoms with van der Waals surface area (Å²) in [6.07, 6.45) is 0.134. The predicted octanol–water partition coefficient (Wildman–Crippen LogP) is 1.65. The molecule has 0 spiro atoms. The molecule has 2 heterocycles. The number of rotatable bonds is 1. The van der Waals surface area contributed by atoms with Gasteiger partial charge in [-0.25, -0.2) is 0 Å². The van der Waals surface area contributed by atoms with Crippen molar-refractivity contribution in [2.45, 2.75) is 33.0 Å². The van der Waals surface area contributed by atoms with Crippen LogP contribution in [0.1, 0.15) is 34.0 Å². The highest BCUT2D eigenvalue weighted by Crippen LogP contribution is 2.24. The molecule has 0 aromatic carbocycles. The van der Waals surface area contributed by atoms with Gasteiger partial charge in [0.05, 0.1) is 22.0 Å². The summed E-state index contributed by atoms with van der Waals surface area (Å²) >= 11 is 1.39. The van der Waals surface area contributed by atoms with Gasteiger partial charge in [0.1, 0.15) is 6.61 Å². The highest BCUT2D eigenvalue weighted by molar-refractivity contribution is 7.14. The molecule has 0 saturated carbocycles. The van der Waals surface area contributed by atoms with E-state index in [2.05, 4.69) is 11.8 Å². The molecule has 0 unspecified atom stereocenters. The summed E-state index contributed by atoms with van der Waals surface area (Å²) in [4.78, 5) is 15.9. The minimum atomic E-state index is -0.168. The third-order valence-electron chi connectivity index (χ3n) is 3.12. The van der Waals surface area contributed by atoms with Gasteiger partial charge in [0.25, 0.3) is 5.91 Å². The van der Waals surface area contributed by atoms with Crippen LogP contribution in [0.3, 0.4) is 0 Å². The Kier molecular flexibility index (Phi) is 4.81. The zero-order valence-electron chi connectivity index (χ0n) is 12.0. The van der Waals surface area contributed by atoms with E-state index in [0.717, 1.165) is 10.4 Å². The fraction of sp³-hybridized carbons (Fsp3) is 0.533. The number of aryl methyl sites for hydroxylation is 1. The molecule has 1 amide bonds. The van der Waals surface area contributed by atoms with Crippen LogP contribution >= 0.6 is 11.3 Å². The summed E-state index contributed by atoms with van der Waals surface area (Å²) in [5.41, 5.74) is 0.980. The van der Waals surface area contributed by atoms with Crippen molar-refractivity contribution < 1.29 is 14.6 Å². The fourth-order valence-corrected chi connectivity index (χ4v) is 3.35. The molecule has 108 valence electrons. The normalized spacial score (nSPS) is 22.3. The van der Waals surface area contributed by atoms with Gasteiger partial charge in [-0.1, -0.05) is 11.8 Å². The van der Waals surface area contributed by atoms with Crippen LogP contribution in [-0.4, -0.2) is 47.8 Å². The third-order valence-corrected chi connectivity index (χ3v) is 4.26. The number of hydrogen-bond acceptors (Lipinski definition) is 4. The number of carbonyl (C=O) groups is 1. The summed E-state index contributed by atoms with van der Waals surface area (Å²) in [5, 5.41) is 8.74. The molecule has 1 saturated heterocycles. The number of nitrogens with zero attached hydrogens (tertiary/aromatic N) is 1. The zero-order valence-corrected chi connectivity index (χ0v) is 12.8. The van der Waals surface area contributed by atoms with Crippen LogP contribution in [0.4, 0.5) is 0 Å². The number of thiophene rings is 1. The molecule has 0 bridgehead atoms. The lowest BCUT2D eigenvalue weighted by molar-refractivity contribution is -0.0585. The Labute approximate surface area is 123 Å². The van der Waals surface area contributed by atoms with Crippen LogP contribution in [-0.2, 0) is 4.74 Å². The van der Waals surface area contributed by atoms with Gasteiger partial charge in [-0.2, -0.15) is 0 Å². The lowest BCUT2D eigenvalue weighted by Crippen LogP contribution is -2.48. The lowest BCUT2D eigenvalue weighted by atomic mass is 10.2. The fourth-order valence-electron chi connectivity index (χ4n) is 2.33. The van der Waals surface area contributed by atoms with Gasteiger partial charge in [0.15, 0.2) is 0 Å². The maximum Gasteiger partial charge on any atom is 0.264 e. The number of hydrogen-bond donors (Lipinski definition) is 1. The standard InChI is InChI=1S/C15H19NO3S/c1-10-7-14(20-13(10)5-4-6-17)15(18)16-8-11(2)19-12(3)9-16/h7,11-12,17H,6,8-9H2,1-3H3/t11-,12+. The van der Waals surface area contributed by atoms with Crippen molar-refractivity contribution in [1.82, 2.24) is 4.90 Å². The van der Waals surface area contributed by atoms with Crippen LogP contribution in [0.15, 0.2) is 6.07 Å². The van der Waals surface area contributed by atoms with E-state index in [1.54, 1.807) is 0 Å². The van der Waals surface area contributed by atoms with Crippen LogP contribution in [0, 0.1) is 18.8 Å². The summed E-state index contributed by atoms with van der Waals surface area (Å²) in [5.74, 6) is 5.54. The van der Waals surface area contributed by atoms with Crippen LogP contribution in [0.5, 0.6) is 0 Å². The Hall–Kier alpha value is -1.35. The van der Waals surface area contributed by atoms with Crippen molar-refractivity contribution in [2.24, 2.45) is 0 Å². The number of aliphatic hydroxyl groups excluding tert-OH is 1. The van der Waals surface area contributed by atoms with Gasteiger partial charge in [0, 0.05) is 13.1 Å². The van der Waals surface area contributed by atoms with Gasteiger partial charge in [-0.15, -0.1) is 11.3 Å². The van der Waals surface area contributed by atoms with E-state index >= 15 is 0 Å². The molecule has 1 aliphatic heterocycles. The van der Waals surface area contributed by atoms with E-state index in [9.17, 15) is 4.79 Å². The third kappa shape index (κ3) is 3.40. The Morgan fingerprint density at radius 2 is 2.15 bits per heavy atom. The monoisotopic (exact) mass is 293 g/mol. The second-order valence-electron chi connectivity index (χ2n) is 5.05. The number of ether oxygens (including phenoxy) is 1. The second-order valence-corrected chi connectivity index (χ2v) is 6.10. The first-order chi connectivity index (χ1) is 9.51. The van der Waals surface area contributed by atoms with Crippen molar-refractivity contribution in [3.05, 3.63) is 21.4 Å². The molecule has 1 aromatic rings. The smallest absolute Gasteiger partial charge is 0.264 e. The van der Waals surface area contributed by atoms with E-state index in [1.165, 1.54) is 11.3 Å². The Morgan fingerprint density at radius 1 is 1.50 bits per heavy atom. The topological polar surface area (TPSA) is 49.8 Å². The molecular formula is C15H19NO3S. The largest absolute Gasteiger partial charge is 0.384 e. The van der Waals surface area contributed by atoms with Crippen LogP contribution in [0.25, 0.3) is 0 Å². The minimum absolute atomic E-state index is 0.0390. The molecule has 1 fully saturated rings. The van der Waals surface area contributed by atoms with Gasteiger partial charge in [-0.3, -0.25) is 4.79 Å². The maximum atomic E-state index is 12.5. The van der Waals surface area contributed by atoms with Crippen LogP contribution in [0.2, 0.25) is 0 Å². The van der Waals surface area contributed by atoms with E-state index in [-0.39, 0.29) is 24.7 Å². The number of carbonyl (C=O) groups excluding carboxylic acids is 1. The van der Waals surface area contributed by atoms with Crippen molar-refractivity contribution in [1.29, 1.82) is 0 Å². The molecule has 1 aromatic heterocycles.